The molecule has 4 heteroatoms. The smallest absolute Gasteiger partial charge is 0 e. The van der Waals surface area contributed by atoms with E-state index < -0.39 is 0 Å². The van der Waals surface area contributed by atoms with Crippen LogP contribution in [0.15, 0.2) is 158 Å². The van der Waals surface area contributed by atoms with Crippen LogP contribution in [0.25, 0.3) is 32.7 Å². The minimum absolute atomic E-state index is 0. The topological polar surface area (TPSA) is 18.5 Å². The maximum absolute atomic E-state index is 5.37. The first-order valence-corrected chi connectivity index (χ1v) is 30.3. The van der Waals surface area contributed by atoms with Crippen LogP contribution in [0.2, 0.25) is 0 Å². The summed E-state index contributed by atoms with van der Waals surface area (Å²) in [6, 6.07) is 62.9. The van der Waals surface area contributed by atoms with Crippen molar-refractivity contribution in [3.8, 4) is 11.1 Å². The second kappa shape index (κ2) is 23.3. The second-order valence-electron chi connectivity index (χ2n) is 26.9. The van der Waals surface area contributed by atoms with E-state index in [0.29, 0.717) is 21.7 Å². The zero-order valence-electron chi connectivity index (χ0n) is 47.6. The number of rotatable bonds is 17. The Morgan fingerprint density at radius 2 is 0.700 bits per heavy atom. The normalized spacial score (nSPS) is 24.3. The molecule has 8 aromatic rings. The summed E-state index contributed by atoms with van der Waals surface area (Å²) >= 11 is 0. The first-order valence-electron chi connectivity index (χ1n) is 30.3. The molecule has 2 aliphatic heterocycles. The van der Waals surface area contributed by atoms with Crippen LogP contribution in [0.1, 0.15) is 144 Å². The van der Waals surface area contributed by atoms with Crippen LogP contribution in [0.4, 0.5) is 0 Å². The van der Waals surface area contributed by atoms with Gasteiger partial charge in [-0.1, -0.05) is 206 Å². The Bertz CT molecular complexity index is 3410. The fourth-order valence-corrected chi connectivity index (χ4v) is 16.1. The molecule has 0 spiro atoms. The standard InChI is InChI=1S/C76H80O2.2W/c1-53-4-24-70-66(37-53)21-22-67(48-76-34-31-74(32-35-76,33-36-76)46-62-19-15-58(16-20-62)40-56-7-11-60(12-8-56)42-65-51-78-52-65)72(70)71-44-63(43-68-38-54(2)3-23-69(68)71)47-75-28-25-73(26-29-75,27-30-75)45-61-17-13-57(14-18-61)39-55-5-9-59(10-6-55)41-64-49-77-50-64;;/h3-24,37-38,43-44H,25-36,39-42,45-52H2,1-2H3;;/q-2;;. The molecule has 2 nitrogen and oxygen atoms in total. The third-order valence-electron chi connectivity index (χ3n) is 21.2. The van der Waals surface area contributed by atoms with Gasteiger partial charge in [-0.05, 0) is 228 Å². The van der Waals surface area contributed by atoms with E-state index in [0.717, 1.165) is 52.1 Å². The van der Waals surface area contributed by atoms with Gasteiger partial charge in [-0.3, -0.25) is 11.8 Å². The molecule has 0 amide bonds. The Hall–Kier alpha value is -4.42. The van der Waals surface area contributed by atoms with Gasteiger partial charge >= 0.3 is 0 Å². The minimum Gasteiger partial charge on any atom is -0.444 e. The van der Waals surface area contributed by atoms with Crippen molar-refractivity contribution in [3.63, 3.8) is 0 Å². The monoisotopic (exact) mass is 1390 g/mol. The number of ether oxygens (including phenoxy) is 2. The van der Waals surface area contributed by atoms with Crippen molar-refractivity contribution in [2.24, 2.45) is 21.7 Å². The summed E-state index contributed by atoms with van der Waals surface area (Å²) in [4.78, 5) is 0. The van der Waals surface area contributed by atoms with E-state index >= 15 is 0 Å². The molecule has 0 aromatic heterocycles. The molecule has 80 heavy (non-hydrogen) atoms. The van der Waals surface area contributed by atoms with Crippen molar-refractivity contribution < 1.29 is 51.6 Å². The SMILES string of the molecule is Cc1ccc2c(-c3c(CC45CCC(Cc6ccc(Cc7ccc(C[C-]8COC8)cc7)cc6)(CC4)CC5)ccc4cc(C)ccc34)cc(CC34CCC(Cc5ccc(Cc6ccc(C[C-]7COC7)cc6)cc5)(CC3)CC4)cc2c1.[W].[W]. The number of fused-ring (bicyclic) bond motifs is 8. The fraction of sp³-hybridized carbons (Fsp3) is 0.395. The third-order valence-corrected chi connectivity index (χ3v) is 21.2. The van der Waals surface area contributed by atoms with E-state index in [9.17, 15) is 0 Å². The van der Waals surface area contributed by atoms with Gasteiger partial charge in [0.2, 0.25) is 0 Å². The van der Waals surface area contributed by atoms with Crippen molar-refractivity contribution in [2.75, 3.05) is 26.4 Å². The molecule has 0 atom stereocenters. The van der Waals surface area contributed by atoms with Gasteiger partial charge in [-0.2, -0.15) is 0 Å². The Balaban J connectivity index is 0.00000318. The summed E-state index contributed by atoms with van der Waals surface area (Å²) in [5, 5.41) is 5.65. The summed E-state index contributed by atoms with van der Waals surface area (Å²) in [6.45, 7) is 7.89. The van der Waals surface area contributed by atoms with Gasteiger partial charge in [0, 0.05) is 42.1 Å². The second-order valence-corrected chi connectivity index (χ2v) is 26.9. The van der Waals surface area contributed by atoms with Gasteiger partial charge in [-0.15, -0.1) is 12.8 Å². The summed E-state index contributed by atoms with van der Waals surface area (Å²) in [5.41, 5.74) is 22.0. The fourth-order valence-electron chi connectivity index (χ4n) is 16.1. The maximum Gasteiger partial charge on any atom is 0 e. The molecule has 16 rings (SSSR count). The molecule has 6 saturated carbocycles. The van der Waals surface area contributed by atoms with Crippen molar-refractivity contribution in [1.29, 1.82) is 0 Å². The van der Waals surface area contributed by atoms with Crippen molar-refractivity contribution >= 4 is 21.5 Å². The van der Waals surface area contributed by atoms with Gasteiger partial charge in [0.1, 0.15) is 0 Å². The van der Waals surface area contributed by atoms with Gasteiger partial charge in [0.05, 0.1) is 0 Å². The van der Waals surface area contributed by atoms with Crippen LogP contribution in [-0.2, 0) is 103 Å². The van der Waals surface area contributed by atoms with E-state index in [4.69, 9.17) is 9.47 Å². The predicted octanol–water partition coefficient (Wildman–Crippen LogP) is 18.0. The number of benzene rings is 8. The van der Waals surface area contributed by atoms with Gasteiger partial charge in [0.15, 0.2) is 0 Å². The molecular weight excluding hydrogens is 1310 g/mol. The molecule has 8 aromatic carbocycles. The van der Waals surface area contributed by atoms with Crippen LogP contribution >= 0.6 is 0 Å². The van der Waals surface area contributed by atoms with Crippen LogP contribution < -0.4 is 0 Å². The molecule has 8 fully saturated rings. The predicted molar refractivity (Wildman–Crippen MR) is 323 cm³/mol. The van der Waals surface area contributed by atoms with Gasteiger partial charge in [-0.25, -0.2) is 0 Å². The van der Waals surface area contributed by atoms with E-state index in [1.807, 2.05) is 0 Å². The average molecular weight is 1390 g/mol. The van der Waals surface area contributed by atoms with Crippen LogP contribution in [0.5, 0.6) is 0 Å². The molecule has 410 valence electrons. The first-order chi connectivity index (χ1) is 38.1. The molecule has 0 N–H and O–H groups in total. The summed E-state index contributed by atoms with van der Waals surface area (Å²) in [6.07, 6.45) is 25.2. The molecule has 0 radical (unpaired) electrons. The first kappa shape index (κ1) is 56.1. The third kappa shape index (κ3) is 11.9. The molecule has 4 bridgehead atoms. The van der Waals surface area contributed by atoms with E-state index in [-0.39, 0.29) is 42.1 Å². The van der Waals surface area contributed by atoms with Crippen LogP contribution in [0.3, 0.4) is 0 Å². The molecule has 8 aliphatic rings. The molecular formula is C76H80O2W2-2. The van der Waals surface area contributed by atoms with E-state index in [1.165, 1.54) is 203 Å². The Kier molecular flexibility index (Phi) is 16.3. The van der Waals surface area contributed by atoms with Crippen LogP contribution in [0, 0.1) is 47.3 Å². The number of hydrogen-bond donors (Lipinski definition) is 0. The molecule has 2 saturated heterocycles. The Morgan fingerprint density at radius 1 is 0.338 bits per heavy atom. The van der Waals surface area contributed by atoms with Crippen molar-refractivity contribution in [1.82, 2.24) is 0 Å². The minimum atomic E-state index is 0. The Morgan fingerprint density at radius 3 is 1.11 bits per heavy atom. The number of aryl methyl sites for hydroxylation is 2. The Labute approximate surface area is 507 Å². The average Bonchev–Trinajstić information content (AvgIpc) is 3.53. The molecule has 6 aliphatic carbocycles. The van der Waals surface area contributed by atoms with Crippen molar-refractivity contribution in [3.05, 3.63) is 236 Å². The number of hydrogen-bond acceptors (Lipinski definition) is 2. The van der Waals surface area contributed by atoms with Crippen LogP contribution in [-0.4, -0.2) is 26.4 Å². The molecule has 2 heterocycles. The quantitative estimate of drug-likeness (QED) is 0.0846. The zero-order valence-corrected chi connectivity index (χ0v) is 53.5. The summed E-state index contributed by atoms with van der Waals surface area (Å²) in [5.74, 6) is 3.02. The maximum atomic E-state index is 5.37. The van der Waals surface area contributed by atoms with Gasteiger partial charge in [0.25, 0.3) is 0 Å². The summed E-state index contributed by atoms with van der Waals surface area (Å²) in [7, 11) is 0. The van der Waals surface area contributed by atoms with Gasteiger partial charge < -0.3 is 9.47 Å². The van der Waals surface area contributed by atoms with E-state index in [1.54, 1.807) is 11.1 Å². The zero-order chi connectivity index (χ0) is 52.3. The van der Waals surface area contributed by atoms with Crippen molar-refractivity contribution in [2.45, 2.75) is 142 Å². The largest absolute Gasteiger partial charge is 0.444 e. The summed E-state index contributed by atoms with van der Waals surface area (Å²) < 4.78 is 10.7. The molecule has 0 unspecified atom stereocenters. The van der Waals surface area contributed by atoms with E-state index in [2.05, 4.69) is 172 Å².